The molecule has 2 aliphatic rings. The molecule has 1 aliphatic heterocycles. The van der Waals surface area contributed by atoms with Gasteiger partial charge in [0, 0.05) is 25.0 Å². The topological polar surface area (TPSA) is 23.5 Å². The van der Waals surface area contributed by atoms with Gasteiger partial charge in [-0.2, -0.15) is 0 Å². The summed E-state index contributed by atoms with van der Waals surface area (Å²) in [7, 11) is 0. The zero-order chi connectivity index (χ0) is 9.42. The summed E-state index contributed by atoms with van der Waals surface area (Å²) in [5.41, 5.74) is 0. The van der Waals surface area contributed by atoms with Crippen LogP contribution in [0.2, 0.25) is 0 Å². The molecule has 1 heterocycles. The molecule has 0 spiro atoms. The second kappa shape index (κ2) is 3.58. The van der Waals surface area contributed by atoms with E-state index >= 15 is 0 Å². The minimum atomic E-state index is -0.000874. The molecule has 2 rings (SSSR count). The van der Waals surface area contributed by atoms with E-state index in [1.807, 2.05) is 0 Å². The van der Waals surface area contributed by atoms with Crippen LogP contribution in [0.15, 0.2) is 0 Å². The van der Waals surface area contributed by atoms with Crippen LogP contribution in [0, 0.1) is 11.8 Å². The molecule has 0 aromatic heterocycles. The second-order valence-electron chi connectivity index (χ2n) is 4.78. The van der Waals surface area contributed by atoms with Gasteiger partial charge < -0.3 is 10.0 Å². The summed E-state index contributed by atoms with van der Waals surface area (Å²) in [4.78, 5) is 2.55. The van der Waals surface area contributed by atoms with Crippen LogP contribution in [-0.4, -0.2) is 35.2 Å². The Morgan fingerprint density at radius 3 is 2.77 bits per heavy atom. The van der Waals surface area contributed by atoms with Crippen molar-refractivity contribution in [3.05, 3.63) is 0 Å². The number of hydrogen-bond donors (Lipinski definition) is 1. The van der Waals surface area contributed by atoms with E-state index in [4.69, 9.17) is 0 Å². The Bertz CT molecular complexity index is 183. The van der Waals surface area contributed by atoms with Crippen molar-refractivity contribution >= 4 is 0 Å². The summed E-state index contributed by atoms with van der Waals surface area (Å²) < 4.78 is 0. The fraction of sp³-hybridized carbons (Fsp3) is 1.00. The molecule has 0 aromatic carbocycles. The van der Waals surface area contributed by atoms with Crippen LogP contribution in [0.5, 0.6) is 0 Å². The maximum absolute atomic E-state index is 9.74. The van der Waals surface area contributed by atoms with Crippen LogP contribution in [0.25, 0.3) is 0 Å². The highest BCUT2D eigenvalue weighted by Gasteiger charge is 2.42. The summed E-state index contributed by atoms with van der Waals surface area (Å²) in [6.45, 7) is 6.92. The average Bonchev–Trinajstić information content (AvgIpc) is 2.67. The van der Waals surface area contributed by atoms with E-state index in [0.29, 0.717) is 12.0 Å². The Morgan fingerprint density at radius 2 is 2.15 bits per heavy atom. The zero-order valence-electron chi connectivity index (χ0n) is 8.74. The number of nitrogens with zero attached hydrogens (tertiary/aromatic N) is 1. The van der Waals surface area contributed by atoms with Crippen molar-refractivity contribution in [1.82, 2.24) is 4.90 Å². The second-order valence-corrected chi connectivity index (χ2v) is 4.78. The third kappa shape index (κ3) is 1.62. The Kier molecular flexibility index (Phi) is 2.61. The highest BCUT2D eigenvalue weighted by molar-refractivity contribution is 4.94. The van der Waals surface area contributed by atoms with Crippen LogP contribution in [0.1, 0.15) is 33.1 Å². The highest BCUT2D eigenvalue weighted by Crippen LogP contribution is 2.38. The Labute approximate surface area is 80.9 Å². The molecule has 0 bridgehead atoms. The normalized spacial score (nSPS) is 42.2. The molecule has 0 aromatic rings. The van der Waals surface area contributed by atoms with Crippen molar-refractivity contribution in [1.29, 1.82) is 0 Å². The number of hydrogen-bond acceptors (Lipinski definition) is 2. The van der Waals surface area contributed by atoms with Crippen LogP contribution in [-0.2, 0) is 0 Å². The molecule has 0 amide bonds. The van der Waals surface area contributed by atoms with Crippen molar-refractivity contribution < 1.29 is 5.11 Å². The molecule has 1 saturated carbocycles. The van der Waals surface area contributed by atoms with E-state index < -0.39 is 0 Å². The van der Waals surface area contributed by atoms with E-state index in [2.05, 4.69) is 18.7 Å². The summed E-state index contributed by atoms with van der Waals surface area (Å²) in [6.07, 6.45) is 3.52. The number of fused-ring (bicyclic) bond motifs is 1. The molecule has 2 nitrogen and oxygen atoms in total. The van der Waals surface area contributed by atoms with Crippen molar-refractivity contribution in [3.8, 4) is 0 Å². The van der Waals surface area contributed by atoms with Gasteiger partial charge in [0.2, 0.25) is 0 Å². The molecule has 76 valence electrons. The Hall–Kier alpha value is -0.0800. The molecule has 1 aliphatic carbocycles. The van der Waals surface area contributed by atoms with Gasteiger partial charge in [0.05, 0.1) is 6.10 Å². The van der Waals surface area contributed by atoms with Gasteiger partial charge in [-0.3, -0.25) is 0 Å². The van der Waals surface area contributed by atoms with Crippen LogP contribution in [0.3, 0.4) is 0 Å². The third-order valence-corrected chi connectivity index (χ3v) is 4.06. The first-order valence-corrected chi connectivity index (χ1v) is 5.64. The summed E-state index contributed by atoms with van der Waals surface area (Å²) >= 11 is 0. The molecule has 13 heavy (non-hydrogen) atoms. The Morgan fingerprint density at radius 1 is 1.38 bits per heavy atom. The molecular weight excluding hydrogens is 162 g/mol. The average molecular weight is 183 g/mol. The van der Waals surface area contributed by atoms with Gasteiger partial charge in [-0.15, -0.1) is 0 Å². The fourth-order valence-corrected chi connectivity index (χ4v) is 2.89. The fourth-order valence-electron chi connectivity index (χ4n) is 2.89. The smallest absolute Gasteiger partial charge is 0.0583 e. The largest absolute Gasteiger partial charge is 0.393 e. The maximum Gasteiger partial charge on any atom is 0.0583 e. The minimum absolute atomic E-state index is 0.000874. The van der Waals surface area contributed by atoms with Crippen molar-refractivity contribution in [2.45, 2.75) is 45.3 Å². The monoisotopic (exact) mass is 183 g/mol. The molecule has 0 radical (unpaired) electrons. The van der Waals surface area contributed by atoms with Gasteiger partial charge in [0.1, 0.15) is 0 Å². The predicted molar refractivity (Wildman–Crippen MR) is 53.5 cm³/mol. The van der Waals surface area contributed by atoms with Crippen molar-refractivity contribution in [3.63, 3.8) is 0 Å². The van der Waals surface area contributed by atoms with Crippen LogP contribution >= 0.6 is 0 Å². The maximum atomic E-state index is 9.74. The summed E-state index contributed by atoms with van der Waals surface area (Å²) in [5, 5.41) is 9.74. The lowest BCUT2D eigenvalue weighted by Gasteiger charge is -2.24. The lowest BCUT2D eigenvalue weighted by Crippen LogP contribution is -2.32. The molecule has 2 fully saturated rings. The van der Waals surface area contributed by atoms with Gasteiger partial charge in [-0.05, 0) is 32.1 Å². The lowest BCUT2D eigenvalue weighted by molar-refractivity contribution is 0.119. The third-order valence-electron chi connectivity index (χ3n) is 4.06. The van der Waals surface area contributed by atoms with Gasteiger partial charge >= 0.3 is 0 Å². The number of likely N-dealkylation sites (tertiary alicyclic amines) is 1. The first kappa shape index (κ1) is 9.47. The van der Waals surface area contributed by atoms with Gasteiger partial charge in [0.25, 0.3) is 0 Å². The van der Waals surface area contributed by atoms with Crippen molar-refractivity contribution in [2.24, 2.45) is 11.8 Å². The quantitative estimate of drug-likeness (QED) is 0.701. The van der Waals surface area contributed by atoms with E-state index in [1.165, 1.54) is 19.4 Å². The standard InChI is InChI=1S/C11H21NO/c1-3-8(2)12-6-9-4-5-11(13)10(9)7-12/h8-11,13H,3-7H2,1-2H3. The molecule has 1 N–H and O–H groups in total. The zero-order valence-corrected chi connectivity index (χ0v) is 8.74. The predicted octanol–water partition coefficient (Wildman–Crippen LogP) is 1.49. The minimum Gasteiger partial charge on any atom is -0.393 e. The van der Waals surface area contributed by atoms with Gasteiger partial charge in [0.15, 0.2) is 0 Å². The van der Waals surface area contributed by atoms with E-state index in [0.717, 1.165) is 18.9 Å². The van der Waals surface area contributed by atoms with Crippen LogP contribution < -0.4 is 0 Å². The number of rotatable bonds is 2. The first-order valence-electron chi connectivity index (χ1n) is 5.64. The van der Waals surface area contributed by atoms with Crippen LogP contribution in [0.4, 0.5) is 0 Å². The number of aliphatic hydroxyl groups is 1. The first-order chi connectivity index (χ1) is 6.22. The van der Waals surface area contributed by atoms with E-state index in [-0.39, 0.29) is 6.10 Å². The molecule has 1 saturated heterocycles. The highest BCUT2D eigenvalue weighted by atomic mass is 16.3. The van der Waals surface area contributed by atoms with Crippen molar-refractivity contribution in [2.75, 3.05) is 13.1 Å². The lowest BCUT2D eigenvalue weighted by atomic mass is 10.00. The molecule has 4 unspecified atom stereocenters. The van der Waals surface area contributed by atoms with Gasteiger partial charge in [-0.1, -0.05) is 6.92 Å². The van der Waals surface area contributed by atoms with Gasteiger partial charge in [-0.25, -0.2) is 0 Å². The summed E-state index contributed by atoms with van der Waals surface area (Å²) in [6, 6.07) is 0.706. The SMILES string of the molecule is CCC(C)N1CC2CCC(O)C2C1. The Balaban J connectivity index is 1.94. The summed E-state index contributed by atoms with van der Waals surface area (Å²) in [5.74, 6) is 1.39. The molecular formula is C11H21NO. The number of aliphatic hydroxyl groups excluding tert-OH is 1. The molecule has 2 heteroatoms. The van der Waals surface area contributed by atoms with E-state index in [1.54, 1.807) is 0 Å². The molecule has 4 atom stereocenters. The van der Waals surface area contributed by atoms with E-state index in [9.17, 15) is 5.11 Å².